The first-order chi connectivity index (χ1) is 12.0. The van der Waals surface area contributed by atoms with Gasteiger partial charge in [-0.05, 0) is 63.0 Å². The number of ether oxygens (including phenoxy) is 1. The third-order valence-electron chi connectivity index (χ3n) is 6.28. The summed E-state index contributed by atoms with van der Waals surface area (Å²) in [6.07, 6.45) is 2.68. The molecule has 4 rings (SSSR count). The fourth-order valence-corrected chi connectivity index (χ4v) is 4.92. The van der Waals surface area contributed by atoms with Gasteiger partial charge >= 0.3 is 0 Å². The SMILES string of the molecule is CN1CCC2(CCN([C@H]3CO[C@H](c4cc(F)ccc4F)[C@@H](N)C3)C2)C1. The van der Waals surface area contributed by atoms with Crippen molar-refractivity contribution in [2.75, 3.05) is 39.8 Å². The molecule has 138 valence electrons. The van der Waals surface area contributed by atoms with Gasteiger partial charge in [0.15, 0.2) is 0 Å². The van der Waals surface area contributed by atoms with Crippen LogP contribution in [0.3, 0.4) is 0 Å². The normalized spacial score (nSPS) is 37.2. The fraction of sp³-hybridized carbons (Fsp3) is 0.684. The highest BCUT2D eigenvalue weighted by Gasteiger charge is 2.45. The second-order valence-electron chi connectivity index (χ2n) is 8.18. The average molecular weight is 351 g/mol. The number of likely N-dealkylation sites (tertiary alicyclic amines) is 2. The van der Waals surface area contributed by atoms with Gasteiger partial charge in [-0.3, -0.25) is 4.90 Å². The summed E-state index contributed by atoms with van der Waals surface area (Å²) < 4.78 is 33.4. The van der Waals surface area contributed by atoms with E-state index in [0.717, 1.165) is 31.6 Å². The van der Waals surface area contributed by atoms with E-state index < -0.39 is 17.7 Å². The molecule has 6 heteroatoms. The Hall–Kier alpha value is -1.08. The van der Waals surface area contributed by atoms with E-state index in [2.05, 4.69) is 16.8 Å². The van der Waals surface area contributed by atoms with Crippen LogP contribution in [0, 0.1) is 17.0 Å². The van der Waals surface area contributed by atoms with E-state index in [9.17, 15) is 8.78 Å². The zero-order chi connectivity index (χ0) is 17.6. The van der Waals surface area contributed by atoms with Crippen molar-refractivity contribution in [3.05, 3.63) is 35.4 Å². The number of halogens is 2. The molecule has 0 saturated carbocycles. The van der Waals surface area contributed by atoms with E-state index in [1.54, 1.807) is 0 Å². The van der Waals surface area contributed by atoms with Gasteiger partial charge in [0, 0.05) is 30.7 Å². The standard InChI is InChI=1S/C19H27F2N3O/c1-23-6-4-19(11-23)5-7-24(12-19)14-9-17(22)18(25-10-14)15-8-13(20)2-3-16(15)21/h2-3,8,14,17-18H,4-7,9-12,22H2,1H3/t14-,17+,18-,19?/m1/s1. The third kappa shape index (κ3) is 3.33. The van der Waals surface area contributed by atoms with Crippen LogP contribution in [0.15, 0.2) is 18.2 Å². The molecule has 3 saturated heterocycles. The largest absolute Gasteiger partial charge is 0.370 e. The maximum absolute atomic E-state index is 14.0. The second-order valence-corrected chi connectivity index (χ2v) is 8.18. The molecule has 0 aliphatic carbocycles. The summed E-state index contributed by atoms with van der Waals surface area (Å²) in [5.74, 6) is -0.907. The maximum atomic E-state index is 14.0. The molecule has 3 aliphatic rings. The maximum Gasteiger partial charge on any atom is 0.129 e. The number of nitrogens with zero attached hydrogens (tertiary/aromatic N) is 2. The van der Waals surface area contributed by atoms with Crippen LogP contribution in [-0.2, 0) is 4.74 Å². The minimum absolute atomic E-state index is 0.237. The van der Waals surface area contributed by atoms with Gasteiger partial charge in [-0.2, -0.15) is 0 Å². The molecule has 2 N–H and O–H groups in total. The Balaban J connectivity index is 1.41. The first-order valence-electron chi connectivity index (χ1n) is 9.20. The highest BCUT2D eigenvalue weighted by Crippen LogP contribution is 2.41. The van der Waals surface area contributed by atoms with Gasteiger partial charge < -0.3 is 15.4 Å². The molecular weight excluding hydrogens is 324 g/mol. The monoisotopic (exact) mass is 351 g/mol. The summed E-state index contributed by atoms with van der Waals surface area (Å²) in [4.78, 5) is 4.91. The topological polar surface area (TPSA) is 41.7 Å². The molecule has 0 amide bonds. The molecule has 0 bridgehead atoms. The molecule has 1 aromatic carbocycles. The number of benzene rings is 1. The lowest BCUT2D eigenvalue weighted by atomic mass is 9.86. The number of rotatable bonds is 2. The second kappa shape index (κ2) is 6.58. The van der Waals surface area contributed by atoms with E-state index in [4.69, 9.17) is 10.5 Å². The third-order valence-corrected chi connectivity index (χ3v) is 6.28. The summed E-state index contributed by atoms with van der Waals surface area (Å²) in [5, 5.41) is 0. The zero-order valence-corrected chi connectivity index (χ0v) is 14.8. The average Bonchev–Trinajstić information content (AvgIpc) is 3.16. The lowest BCUT2D eigenvalue weighted by Gasteiger charge is -2.39. The van der Waals surface area contributed by atoms with Gasteiger partial charge in [-0.25, -0.2) is 8.78 Å². The summed E-state index contributed by atoms with van der Waals surface area (Å²) in [7, 11) is 2.19. The molecular formula is C19H27F2N3O. The molecule has 1 aromatic rings. The lowest BCUT2D eigenvalue weighted by molar-refractivity contribution is -0.0488. The molecule has 4 atom stereocenters. The van der Waals surface area contributed by atoms with E-state index >= 15 is 0 Å². The van der Waals surface area contributed by atoms with E-state index in [0.29, 0.717) is 12.0 Å². The summed E-state index contributed by atoms with van der Waals surface area (Å²) in [5.41, 5.74) is 6.96. The van der Waals surface area contributed by atoms with Crippen molar-refractivity contribution >= 4 is 0 Å². The van der Waals surface area contributed by atoms with E-state index in [1.165, 1.54) is 32.0 Å². The molecule has 4 nitrogen and oxygen atoms in total. The van der Waals surface area contributed by atoms with Crippen molar-refractivity contribution in [2.24, 2.45) is 11.1 Å². The van der Waals surface area contributed by atoms with Crippen molar-refractivity contribution in [3.8, 4) is 0 Å². The Labute approximate surface area is 147 Å². The minimum atomic E-state index is -0.568. The van der Waals surface area contributed by atoms with Crippen molar-refractivity contribution < 1.29 is 13.5 Å². The highest BCUT2D eigenvalue weighted by atomic mass is 19.1. The molecule has 3 heterocycles. The smallest absolute Gasteiger partial charge is 0.129 e. The number of hydrogen-bond donors (Lipinski definition) is 1. The van der Waals surface area contributed by atoms with Gasteiger partial charge in [-0.15, -0.1) is 0 Å². The Kier molecular flexibility index (Phi) is 4.56. The van der Waals surface area contributed by atoms with Gasteiger partial charge in [-0.1, -0.05) is 0 Å². The molecule has 0 radical (unpaired) electrons. The fourth-order valence-electron chi connectivity index (χ4n) is 4.92. The molecule has 25 heavy (non-hydrogen) atoms. The highest BCUT2D eigenvalue weighted by molar-refractivity contribution is 5.23. The summed E-state index contributed by atoms with van der Waals surface area (Å²) in [6, 6.07) is 3.43. The first kappa shape index (κ1) is 17.3. The van der Waals surface area contributed by atoms with Gasteiger partial charge in [0.1, 0.15) is 17.7 Å². The molecule has 0 aromatic heterocycles. The Morgan fingerprint density at radius 3 is 2.72 bits per heavy atom. The van der Waals surface area contributed by atoms with Crippen LogP contribution in [0.4, 0.5) is 8.78 Å². The van der Waals surface area contributed by atoms with Crippen molar-refractivity contribution in [1.29, 1.82) is 0 Å². The van der Waals surface area contributed by atoms with Crippen LogP contribution in [0.1, 0.15) is 30.9 Å². The lowest BCUT2D eigenvalue weighted by Crippen LogP contribution is -2.49. The van der Waals surface area contributed by atoms with Crippen LogP contribution < -0.4 is 5.73 Å². The Morgan fingerprint density at radius 1 is 1.20 bits per heavy atom. The predicted molar refractivity (Wildman–Crippen MR) is 92.2 cm³/mol. The van der Waals surface area contributed by atoms with Crippen molar-refractivity contribution in [3.63, 3.8) is 0 Å². The van der Waals surface area contributed by atoms with Gasteiger partial charge in [0.2, 0.25) is 0 Å². The Morgan fingerprint density at radius 2 is 2.00 bits per heavy atom. The molecule has 1 unspecified atom stereocenters. The molecule has 3 fully saturated rings. The van der Waals surface area contributed by atoms with Crippen molar-refractivity contribution in [1.82, 2.24) is 9.80 Å². The first-order valence-corrected chi connectivity index (χ1v) is 9.20. The van der Waals surface area contributed by atoms with Crippen LogP contribution in [0.2, 0.25) is 0 Å². The summed E-state index contributed by atoms with van der Waals surface area (Å²) >= 11 is 0. The predicted octanol–water partition coefficient (Wildman–Crippen LogP) is 2.15. The zero-order valence-electron chi connectivity index (χ0n) is 14.8. The van der Waals surface area contributed by atoms with Crippen LogP contribution in [0.25, 0.3) is 0 Å². The summed E-state index contributed by atoms with van der Waals surface area (Å²) in [6.45, 7) is 5.04. The van der Waals surface area contributed by atoms with Crippen molar-refractivity contribution in [2.45, 2.75) is 37.5 Å². The van der Waals surface area contributed by atoms with Gasteiger partial charge in [0.05, 0.1) is 6.61 Å². The van der Waals surface area contributed by atoms with E-state index in [-0.39, 0.29) is 17.6 Å². The van der Waals surface area contributed by atoms with E-state index in [1.807, 2.05) is 0 Å². The van der Waals surface area contributed by atoms with Crippen LogP contribution in [0.5, 0.6) is 0 Å². The number of nitrogens with two attached hydrogens (primary N) is 1. The molecule has 1 spiro atoms. The van der Waals surface area contributed by atoms with Gasteiger partial charge in [0.25, 0.3) is 0 Å². The van der Waals surface area contributed by atoms with Crippen LogP contribution >= 0.6 is 0 Å². The molecule has 3 aliphatic heterocycles. The quantitative estimate of drug-likeness (QED) is 0.887. The number of hydrogen-bond acceptors (Lipinski definition) is 4. The minimum Gasteiger partial charge on any atom is -0.370 e. The Bertz CT molecular complexity index is 643. The van der Waals surface area contributed by atoms with Crippen LogP contribution in [-0.4, -0.2) is 61.7 Å².